The molecule has 0 aliphatic carbocycles. The number of likely N-dealkylation sites (N-methyl/N-ethyl adjacent to an activating group) is 1. The molecule has 2 aromatic carbocycles. The number of nitro benzene ring substituents is 1. The first kappa shape index (κ1) is 18.4. The summed E-state index contributed by atoms with van der Waals surface area (Å²) >= 11 is 0. The van der Waals surface area contributed by atoms with E-state index in [4.69, 9.17) is 0 Å². The minimum Gasteiger partial charge on any atom is -0.306 e. The zero-order valence-electron chi connectivity index (χ0n) is 16.0. The van der Waals surface area contributed by atoms with E-state index >= 15 is 0 Å². The number of nitrogens with zero attached hydrogens (tertiary/aromatic N) is 3. The molecular weight excluding hydrogens is 354 g/mol. The number of benzene rings is 2. The molecule has 0 N–H and O–H groups in total. The number of hydrogen-bond acceptors (Lipinski definition) is 4. The number of fused-ring (bicyclic) bond motifs is 3. The van der Waals surface area contributed by atoms with E-state index in [1.807, 2.05) is 17.0 Å². The lowest BCUT2D eigenvalue weighted by Gasteiger charge is -2.36. The number of hydrogen-bond donors (Lipinski definition) is 0. The van der Waals surface area contributed by atoms with Gasteiger partial charge in [0.2, 0.25) is 0 Å². The van der Waals surface area contributed by atoms with Gasteiger partial charge in [0.1, 0.15) is 0 Å². The molecule has 0 saturated carbocycles. The maximum absolute atomic E-state index is 13.1. The van der Waals surface area contributed by atoms with Crippen molar-refractivity contribution in [3.8, 4) is 0 Å². The van der Waals surface area contributed by atoms with Crippen LogP contribution in [0.5, 0.6) is 0 Å². The number of nitro groups is 1. The predicted molar refractivity (Wildman–Crippen MR) is 109 cm³/mol. The van der Waals surface area contributed by atoms with Gasteiger partial charge in [0.05, 0.1) is 4.92 Å². The second-order valence-corrected chi connectivity index (χ2v) is 7.68. The summed E-state index contributed by atoms with van der Waals surface area (Å²) in [6, 6.07) is 12.8. The summed E-state index contributed by atoms with van der Waals surface area (Å²) in [5.74, 6) is 0.248. The first-order valence-corrected chi connectivity index (χ1v) is 9.49. The zero-order valence-corrected chi connectivity index (χ0v) is 16.0. The monoisotopic (exact) mass is 377 g/mol. The number of aryl methyl sites for hydroxylation is 1. The summed E-state index contributed by atoms with van der Waals surface area (Å²) in [5, 5.41) is 11.0. The van der Waals surface area contributed by atoms with Gasteiger partial charge in [-0.15, -0.1) is 0 Å². The summed E-state index contributed by atoms with van der Waals surface area (Å²) in [6.45, 7) is 3.99. The van der Waals surface area contributed by atoms with Gasteiger partial charge in [0.15, 0.2) is 0 Å². The Labute approximate surface area is 164 Å². The Morgan fingerprint density at radius 3 is 2.86 bits per heavy atom. The molecule has 1 fully saturated rings. The van der Waals surface area contributed by atoms with Gasteiger partial charge in [0.25, 0.3) is 11.6 Å². The van der Waals surface area contributed by atoms with E-state index in [2.05, 4.69) is 24.9 Å². The van der Waals surface area contributed by atoms with Crippen LogP contribution in [0.4, 0.5) is 11.4 Å². The van der Waals surface area contributed by atoms with E-state index in [1.54, 1.807) is 18.2 Å². The Morgan fingerprint density at radius 2 is 2.07 bits per heavy atom. The minimum absolute atomic E-state index is 0.0203. The van der Waals surface area contributed by atoms with Crippen LogP contribution in [0, 0.1) is 17.0 Å². The second-order valence-electron chi connectivity index (χ2n) is 7.68. The summed E-state index contributed by atoms with van der Waals surface area (Å²) in [5.41, 5.74) is 4.10. The molecule has 0 radical (unpaired) electrons. The van der Waals surface area contributed by atoms with Crippen molar-refractivity contribution in [3.63, 3.8) is 0 Å². The Hall–Kier alpha value is -2.99. The van der Waals surface area contributed by atoms with Crippen molar-refractivity contribution >= 4 is 23.4 Å². The maximum Gasteiger partial charge on any atom is 0.270 e. The van der Waals surface area contributed by atoms with Crippen LogP contribution >= 0.6 is 0 Å². The van der Waals surface area contributed by atoms with Crippen molar-refractivity contribution in [2.75, 3.05) is 25.0 Å². The van der Waals surface area contributed by atoms with E-state index in [1.165, 1.54) is 29.3 Å². The lowest BCUT2D eigenvalue weighted by Crippen LogP contribution is -2.46. The standard InChI is InChI=1S/C22H23N3O3/c1-15-6-8-20-18(12-15)19-14-23(2)11-10-21(19)24(20)22(26)9-7-16-4-3-5-17(13-16)25(27)28/h3-9,12-13,19,21H,10-11,14H2,1-2H3/b9-7+/t19-,21+/m0/s1. The summed E-state index contributed by atoms with van der Waals surface area (Å²) in [4.78, 5) is 27.9. The fraction of sp³-hybridized carbons (Fsp3) is 0.318. The van der Waals surface area contributed by atoms with Gasteiger partial charge in [-0.25, -0.2) is 0 Å². The third kappa shape index (κ3) is 3.31. The first-order valence-electron chi connectivity index (χ1n) is 9.49. The SMILES string of the molecule is Cc1ccc2c(c1)[C@@H]1CN(C)CC[C@H]1N2C(=O)/C=C/c1cccc([N+](=O)[O-])c1. The lowest BCUT2D eigenvalue weighted by molar-refractivity contribution is -0.384. The molecule has 6 nitrogen and oxygen atoms in total. The van der Waals surface area contributed by atoms with Crippen molar-refractivity contribution in [2.45, 2.75) is 25.3 Å². The van der Waals surface area contributed by atoms with Gasteiger partial charge in [-0.05, 0) is 50.2 Å². The third-order valence-electron chi connectivity index (χ3n) is 5.69. The van der Waals surface area contributed by atoms with Crippen LogP contribution in [0.3, 0.4) is 0 Å². The van der Waals surface area contributed by atoms with Crippen LogP contribution < -0.4 is 4.90 Å². The Balaban J connectivity index is 1.64. The predicted octanol–water partition coefficient (Wildman–Crippen LogP) is 3.75. The van der Waals surface area contributed by atoms with Crippen LogP contribution in [0.2, 0.25) is 0 Å². The van der Waals surface area contributed by atoms with Gasteiger partial charge in [0, 0.05) is 42.4 Å². The molecule has 0 unspecified atom stereocenters. The van der Waals surface area contributed by atoms with Gasteiger partial charge in [-0.3, -0.25) is 14.9 Å². The van der Waals surface area contributed by atoms with Crippen LogP contribution in [0.15, 0.2) is 48.5 Å². The topological polar surface area (TPSA) is 66.7 Å². The zero-order chi connectivity index (χ0) is 19.8. The lowest BCUT2D eigenvalue weighted by atomic mass is 9.89. The highest BCUT2D eigenvalue weighted by atomic mass is 16.6. The molecule has 2 aliphatic heterocycles. The van der Waals surface area contributed by atoms with E-state index in [9.17, 15) is 14.9 Å². The summed E-state index contributed by atoms with van der Waals surface area (Å²) in [7, 11) is 2.12. The van der Waals surface area contributed by atoms with E-state index in [0.717, 1.165) is 25.2 Å². The largest absolute Gasteiger partial charge is 0.306 e. The highest BCUT2D eigenvalue weighted by Gasteiger charge is 2.43. The van der Waals surface area contributed by atoms with Gasteiger partial charge >= 0.3 is 0 Å². The molecule has 0 spiro atoms. The number of anilines is 1. The second kappa shape index (κ2) is 7.20. The summed E-state index contributed by atoms with van der Waals surface area (Å²) in [6.07, 6.45) is 4.13. The number of rotatable bonds is 3. The molecule has 0 bridgehead atoms. The molecule has 144 valence electrons. The molecule has 1 saturated heterocycles. The Morgan fingerprint density at radius 1 is 1.25 bits per heavy atom. The van der Waals surface area contributed by atoms with Crippen molar-refractivity contribution in [3.05, 3.63) is 75.3 Å². The van der Waals surface area contributed by atoms with Crippen molar-refractivity contribution < 1.29 is 9.72 Å². The molecule has 2 aliphatic rings. The average Bonchev–Trinajstić information content (AvgIpc) is 2.99. The third-order valence-corrected chi connectivity index (χ3v) is 5.69. The Kier molecular flexibility index (Phi) is 4.73. The van der Waals surface area contributed by atoms with Gasteiger partial charge in [-0.2, -0.15) is 0 Å². The first-order chi connectivity index (χ1) is 13.4. The van der Waals surface area contributed by atoms with Gasteiger partial charge < -0.3 is 9.80 Å². The van der Waals surface area contributed by atoms with Gasteiger partial charge in [-0.1, -0.05) is 29.8 Å². The molecule has 28 heavy (non-hydrogen) atoms. The molecule has 4 rings (SSSR count). The van der Waals surface area contributed by atoms with E-state index in [0.29, 0.717) is 11.5 Å². The van der Waals surface area contributed by atoms with E-state index < -0.39 is 4.92 Å². The molecule has 1 amide bonds. The normalized spacial score (nSPS) is 21.6. The molecule has 0 aromatic heterocycles. The van der Waals surface area contributed by atoms with Crippen molar-refractivity contribution in [1.29, 1.82) is 0 Å². The van der Waals surface area contributed by atoms with Crippen LogP contribution in [-0.4, -0.2) is 41.9 Å². The smallest absolute Gasteiger partial charge is 0.270 e. The molecular formula is C22H23N3O3. The number of amides is 1. The number of carbonyl (C=O) groups excluding carboxylic acids is 1. The number of carbonyl (C=O) groups is 1. The van der Waals surface area contributed by atoms with Crippen LogP contribution in [0.1, 0.15) is 29.0 Å². The number of non-ortho nitro benzene ring substituents is 1. The molecule has 2 heterocycles. The highest BCUT2D eigenvalue weighted by Crippen LogP contribution is 2.45. The molecule has 2 atom stereocenters. The molecule has 6 heteroatoms. The quantitative estimate of drug-likeness (QED) is 0.464. The maximum atomic E-state index is 13.1. The minimum atomic E-state index is -0.429. The van der Waals surface area contributed by atoms with Crippen molar-refractivity contribution in [2.24, 2.45) is 0 Å². The van der Waals surface area contributed by atoms with Crippen LogP contribution in [-0.2, 0) is 4.79 Å². The Bertz CT molecular complexity index is 969. The highest BCUT2D eigenvalue weighted by molar-refractivity contribution is 6.06. The van der Waals surface area contributed by atoms with E-state index in [-0.39, 0.29) is 17.6 Å². The fourth-order valence-corrected chi connectivity index (χ4v) is 4.36. The summed E-state index contributed by atoms with van der Waals surface area (Å²) < 4.78 is 0. The fourth-order valence-electron chi connectivity index (χ4n) is 4.36. The molecule has 2 aromatic rings. The van der Waals surface area contributed by atoms with Crippen LogP contribution in [0.25, 0.3) is 6.08 Å². The number of likely N-dealkylation sites (tertiary alicyclic amines) is 1. The number of piperidine rings is 1. The average molecular weight is 377 g/mol. The van der Waals surface area contributed by atoms with Crippen molar-refractivity contribution in [1.82, 2.24) is 4.90 Å².